The normalized spacial score (nSPS) is 21.2. The molecule has 1 fully saturated rings. The van der Waals surface area contributed by atoms with Crippen molar-refractivity contribution in [1.82, 2.24) is 10.2 Å². The van der Waals surface area contributed by atoms with Crippen molar-refractivity contribution in [2.24, 2.45) is 0 Å². The van der Waals surface area contributed by atoms with E-state index in [2.05, 4.69) is 73.2 Å². The molecule has 1 aliphatic rings. The minimum atomic E-state index is 0.479. The predicted octanol–water partition coefficient (Wildman–Crippen LogP) is 3.16. The topological polar surface area (TPSA) is 15.3 Å². The number of likely N-dealkylation sites (N-methyl/N-ethyl adjacent to an activating group) is 1. The largest absolute Gasteiger partial charge is 0.313 e. The fraction of sp³-hybridized carbons (Fsp3) is 0.625. The van der Waals surface area contributed by atoms with Crippen molar-refractivity contribution in [2.75, 3.05) is 25.1 Å². The van der Waals surface area contributed by atoms with Crippen molar-refractivity contribution in [2.45, 2.75) is 38.4 Å². The van der Waals surface area contributed by atoms with Gasteiger partial charge in [-0.1, -0.05) is 44.2 Å². The number of thioether (sulfide) groups is 1. The highest BCUT2D eigenvalue weighted by Gasteiger charge is 2.26. The van der Waals surface area contributed by atoms with E-state index in [1.165, 1.54) is 23.5 Å². The fourth-order valence-corrected chi connectivity index (χ4v) is 3.90. The van der Waals surface area contributed by atoms with Crippen LogP contribution >= 0.6 is 11.8 Å². The monoisotopic (exact) mass is 278 g/mol. The number of hydrogen-bond donors (Lipinski definition) is 1. The van der Waals surface area contributed by atoms with Crippen LogP contribution in [0.1, 0.15) is 31.9 Å². The molecule has 2 unspecified atom stereocenters. The Morgan fingerprint density at radius 2 is 2.05 bits per heavy atom. The molecule has 0 bridgehead atoms. The summed E-state index contributed by atoms with van der Waals surface area (Å²) in [6, 6.07) is 12.6. The average molecular weight is 278 g/mol. The Kier molecular flexibility index (Phi) is 5.74. The van der Waals surface area contributed by atoms with Gasteiger partial charge in [0.1, 0.15) is 0 Å². The van der Waals surface area contributed by atoms with Crippen LogP contribution in [0.5, 0.6) is 0 Å². The molecule has 0 amide bonds. The molecule has 1 saturated heterocycles. The molecular weight excluding hydrogens is 252 g/mol. The van der Waals surface area contributed by atoms with Crippen LogP contribution in [-0.4, -0.2) is 42.1 Å². The van der Waals surface area contributed by atoms with Crippen molar-refractivity contribution in [3.05, 3.63) is 35.9 Å². The van der Waals surface area contributed by atoms with Crippen LogP contribution in [0.3, 0.4) is 0 Å². The standard InChI is InChI=1S/C16H26N2S/c1-13(2)17-11-16(14-7-5-4-6-8-14)18(3)15-9-10-19-12-15/h4-8,13,15-17H,9-12H2,1-3H3. The van der Waals surface area contributed by atoms with Gasteiger partial charge in [0.15, 0.2) is 0 Å². The van der Waals surface area contributed by atoms with Gasteiger partial charge in [0.05, 0.1) is 0 Å². The van der Waals surface area contributed by atoms with Crippen molar-refractivity contribution >= 4 is 11.8 Å². The molecule has 0 aromatic heterocycles. The van der Waals surface area contributed by atoms with E-state index in [9.17, 15) is 0 Å². The van der Waals surface area contributed by atoms with Crippen LogP contribution in [0.25, 0.3) is 0 Å². The molecule has 0 saturated carbocycles. The van der Waals surface area contributed by atoms with E-state index in [4.69, 9.17) is 0 Å². The van der Waals surface area contributed by atoms with Crippen LogP contribution in [0.2, 0.25) is 0 Å². The van der Waals surface area contributed by atoms with E-state index in [0.29, 0.717) is 12.1 Å². The Bertz CT molecular complexity index is 360. The lowest BCUT2D eigenvalue weighted by Gasteiger charge is -2.34. The lowest BCUT2D eigenvalue weighted by atomic mass is 10.0. The fourth-order valence-electron chi connectivity index (χ4n) is 2.62. The second kappa shape index (κ2) is 7.32. The first-order valence-corrected chi connectivity index (χ1v) is 8.42. The van der Waals surface area contributed by atoms with Gasteiger partial charge in [-0.15, -0.1) is 0 Å². The number of nitrogens with one attached hydrogen (secondary N) is 1. The minimum Gasteiger partial charge on any atom is -0.313 e. The zero-order valence-corrected chi connectivity index (χ0v) is 13.1. The highest BCUT2D eigenvalue weighted by molar-refractivity contribution is 7.99. The maximum atomic E-state index is 3.60. The summed E-state index contributed by atoms with van der Waals surface area (Å²) in [6.45, 7) is 5.46. The molecule has 1 aromatic rings. The summed E-state index contributed by atoms with van der Waals surface area (Å²) in [5.74, 6) is 2.59. The first-order chi connectivity index (χ1) is 9.18. The SMILES string of the molecule is CC(C)NCC(c1ccccc1)N(C)C1CCSC1. The van der Waals surface area contributed by atoms with Crippen molar-refractivity contribution in [3.8, 4) is 0 Å². The van der Waals surface area contributed by atoms with Crippen molar-refractivity contribution < 1.29 is 0 Å². The Hall–Kier alpha value is -0.510. The second-order valence-electron chi connectivity index (χ2n) is 5.67. The summed E-state index contributed by atoms with van der Waals surface area (Å²) in [4.78, 5) is 2.57. The molecule has 0 radical (unpaired) electrons. The number of rotatable bonds is 6. The van der Waals surface area contributed by atoms with Gasteiger partial charge in [0.2, 0.25) is 0 Å². The van der Waals surface area contributed by atoms with Crippen LogP contribution in [0.15, 0.2) is 30.3 Å². The minimum absolute atomic E-state index is 0.479. The first kappa shape index (κ1) is 14.9. The number of nitrogens with zero attached hydrogens (tertiary/aromatic N) is 1. The lowest BCUT2D eigenvalue weighted by molar-refractivity contribution is 0.182. The Morgan fingerprint density at radius 3 is 2.63 bits per heavy atom. The molecule has 2 nitrogen and oxygen atoms in total. The molecule has 2 rings (SSSR count). The summed E-state index contributed by atoms with van der Waals surface area (Å²) < 4.78 is 0. The van der Waals surface area contributed by atoms with E-state index < -0.39 is 0 Å². The maximum Gasteiger partial charge on any atom is 0.0472 e. The quantitative estimate of drug-likeness (QED) is 0.860. The molecule has 0 spiro atoms. The molecule has 1 N–H and O–H groups in total. The molecule has 1 heterocycles. The van der Waals surface area contributed by atoms with Crippen LogP contribution in [0.4, 0.5) is 0 Å². The summed E-state index contributed by atoms with van der Waals surface area (Å²) in [6.07, 6.45) is 1.33. The smallest absolute Gasteiger partial charge is 0.0472 e. The Morgan fingerprint density at radius 1 is 1.32 bits per heavy atom. The number of hydrogen-bond acceptors (Lipinski definition) is 3. The zero-order valence-electron chi connectivity index (χ0n) is 12.3. The third-order valence-corrected chi connectivity index (χ3v) is 5.02. The van der Waals surface area contributed by atoms with Crippen molar-refractivity contribution in [3.63, 3.8) is 0 Å². The van der Waals surface area contributed by atoms with Crippen LogP contribution in [-0.2, 0) is 0 Å². The molecule has 106 valence electrons. The predicted molar refractivity (Wildman–Crippen MR) is 85.8 cm³/mol. The van der Waals surface area contributed by atoms with Gasteiger partial charge in [0.25, 0.3) is 0 Å². The van der Waals surface area contributed by atoms with Gasteiger partial charge in [-0.25, -0.2) is 0 Å². The maximum absolute atomic E-state index is 3.60. The Labute approximate surface area is 122 Å². The van der Waals surface area contributed by atoms with E-state index in [-0.39, 0.29) is 0 Å². The van der Waals surface area contributed by atoms with Crippen molar-refractivity contribution in [1.29, 1.82) is 0 Å². The highest BCUT2D eigenvalue weighted by Crippen LogP contribution is 2.28. The van der Waals surface area contributed by atoms with Gasteiger partial charge in [-0.2, -0.15) is 11.8 Å². The summed E-state index contributed by atoms with van der Waals surface area (Å²) >= 11 is 2.09. The highest BCUT2D eigenvalue weighted by atomic mass is 32.2. The molecule has 0 aliphatic carbocycles. The average Bonchev–Trinajstić information content (AvgIpc) is 2.93. The molecule has 1 aromatic carbocycles. The summed E-state index contributed by atoms with van der Waals surface area (Å²) in [5, 5.41) is 3.60. The lowest BCUT2D eigenvalue weighted by Crippen LogP contribution is -2.41. The molecular formula is C16H26N2S. The van der Waals surface area contributed by atoms with Crippen LogP contribution < -0.4 is 5.32 Å². The van der Waals surface area contributed by atoms with E-state index in [1.807, 2.05) is 0 Å². The van der Waals surface area contributed by atoms with Crippen LogP contribution in [0, 0.1) is 0 Å². The van der Waals surface area contributed by atoms with E-state index in [1.54, 1.807) is 0 Å². The van der Waals surface area contributed by atoms with Gasteiger partial charge >= 0.3 is 0 Å². The van der Waals surface area contributed by atoms with Gasteiger partial charge in [0, 0.05) is 30.4 Å². The second-order valence-corrected chi connectivity index (χ2v) is 6.82. The first-order valence-electron chi connectivity index (χ1n) is 7.26. The third kappa shape index (κ3) is 4.23. The zero-order chi connectivity index (χ0) is 13.7. The summed E-state index contributed by atoms with van der Waals surface area (Å²) in [7, 11) is 2.29. The molecule has 1 aliphatic heterocycles. The van der Waals surface area contributed by atoms with Gasteiger partial charge in [-0.05, 0) is 24.8 Å². The van der Waals surface area contributed by atoms with E-state index in [0.717, 1.165) is 12.6 Å². The Balaban J connectivity index is 2.08. The third-order valence-electron chi connectivity index (χ3n) is 3.88. The van der Waals surface area contributed by atoms with Gasteiger partial charge in [-0.3, -0.25) is 4.90 Å². The molecule has 19 heavy (non-hydrogen) atoms. The van der Waals surface area contributed by atoms with E-state index >= 15 is 0 Å². The molecule has 2 atom stereocenters. The summed E-state index contributed by atoms with van der Waals surface area (Å²) in [5.41, 5.74) is 1.43. The molecule has 3 heteroatoms. The number of benzene rings is 1. The van der Waals surface area contributed by atoms with Gasteiger partial charge < -0.3 is 5.32 Å².